The second-order valence-corrected chi connectivity index (χ2v) is 4.75. The molecule has 2 aromatic carbocycles. The van der Waals surface area contributed by atoms with E-state index in [0.717, 1.165) is 11.1 Å². The number of hydrogen-bond donors (Lipinski definition) is 1. The number of aryl methyl sites for hydroxylation is 1. The maximum absolute atomic E-state index is 12.0. The van der Waals surface area contributed by atoms with Crippen molar-refractivity contribution in [1.82, 2.24) is 5.32 Å². The molecule has 2 aromatic rings. The summed E-state index contributed by atoms with van der Waals surface area (Å²) in [6, 6.07) is 14.5. The summed E-state index contributed by atoms with van der Waals surface area (Å²) < 4.78 is 5.17. The quantitative estimate of drug-likeness (QED) is 0.693. The summed E-state index contributed by atoms with van der Waals surface area (Å²) in [6.07, 6.45) is 0. The molecular formula is C17H17NO3. The molecule has 4 heteroatoms. The molecule has 2 rings (SSSR count). The molecule has 0 aliphatic heterocycles. The van der Waals surface area contributed by atoms with Gasteiger partial charge in [-0.05, 0) is 30.7 Å². The van der Waals surface area contributed by atoms with Crippen LogP contribution in [-0.4, -0.2) is 11.9 Å². The Bertz CT molecular complexity index is 650. The summed E-state index contributed by atoms with van der Waals surface area (Å²) >= 11 is 0. The molecule has 0 aliphatic rings. The summed E-state index contributed by atoms with van der Waals surface area (Å²) in [5.41, 5.74) is 2.35. The molecule has 1 N–H and O–H groups in total. The number of amides is 1. The van der Waals surface area contributed by atoms with Crippen molar-refractivity contribution in [2.24, 2.45) is 0 Å². The first-order valence-electron chi connectivity index (χ1n) is 6.67. The van der Waals surface area contributed by atoms with E-state index in [1.54, 1.807) is 18.2 Å². The van der Waals surface area contributed by atoms with Crippen molar-refractivity contribution in [2.75, 3.05) is 0 Å². The van der Waals surface area contributed by atoms with Crippen molar-refractivity contribution in [3.05, 3.63) is 65.2 Å². The lowest BCUT2D eigenvalue weighted by Crippen LogP contribution is -2.23. The van der Waals surface area contributed by atoms with E-state index in [-0.39, 0.29) is 11.9 Å². The van der Waals surface area contributed by atoms with Crippen LogP contribution in [0.4, 0.5) is 0 Å². The lowest BCUT2D eigenvalue weighted by molar-refractivity contribution is -0.131. The molecule has 0 atom stereocenters. The van der Waals surface area contributed by atoms with Gasteiger partial charge in [-0.25, -0.2) is 0 Å². The number of carbonyl (C=O) groups is 2. The Morgan fingerprint density at radius 1 is 1.10 bits per heavy atom. The van der Waals surface area contributed by atoms with Crippen LogP contribution in [0.5, 0.6) is 5.75 Å². The zero-order chi connectivity index (χ0) is 15.2. The first-order valence-corrected chi connectivity index (χ1v) is 6.67. The normalized spacial score (nSPS) is 10.0. The van der Waals surface area contributed by atoms with Crippen LogP contribution in [-0.2, 0) is 11.3 Å². The second kappa shape index (κ2) is 6.70. The van der Waals surface area contributed by atoms with Gasteiger partial charge in [-0.2, -0.15) is 0 Å². The summed E-state index contributed by atoms with van der Waals surface area (Å²) in [5, 5.41) is 2.82. The minimum atomic E-state index is -0.378. The lowest BCUT2D eigenvalue weighted by Gasteiger charge is -2.11. The number of carbonyl (C=O) groups excluding carboxylic acids is 2. The molecule has 0 saturated carbocycles. The molecule has 0 aliphatic carbocycles. The Labute approximate surface area is 123 Å². The van der Waals surface area contributed by atoms with Crippen molar-refractivity contribution >= 4 is 11.9 Å². The highest BCUT2D eigenvalue weighted by Gasteiger charge is 2.09. The number of nitrogens with one attached hydrogen (secondary N) is 1. The van der Waals surface area contributed by atoms with Gasteiger partial charge in [-0.15, -0.1) is 0 Å². The van der Waals surface area contributed by atoms with E-state index in [1.165, 1.54) is 6.92 Å². The third-order valence-electron chi connectivity index (χ3n) is 2.95. The molecule has 0 heterocycles. The third kappa shape index (κ3) is 4.18. The largest absolute Gasteiger partial charge is 0.426 e. The molecule has 0 spiro atoms. The molecule has 0 fully saturated rings. The molecule has 0 aromatic heterocycles. The molecule has 1 amide bonds. The Hall–Kier alpha value is -2.62. The van der Waals surface area contributed by atoms with Crippen LogP contribution >= 0.6 is 0 Å². The van der Waals surface area contributed by atoms with Crippen LogP contribution in [0.25, 0.3) is 0 Å². The van der Waals surface area contributed by atoms with Gasteiger partial charge in [0.05, 0.1) is 0 Å². The number of hydrogen-bond acceptors (Lipinski definition) is 3. The minimum Gasteiger partial charge on any atom is -0.426 e. The van der Waals surface area contributed by atoms with E-state index in [1.807, 2.05) is 37.3 Å². The zero-order valence-corrected chi connectivity index (χ0v) is 12.1. The molecule has 0 saturated heterocycles. The van der Waals surface area contributed by atoms with Crippen LogP contribution in [0.1, 0.15) is 28.4 Å². The fraction of sp³-hybridized carbons (Fsp3) is 0.176. The monoisotopic (exact) mass is 283 g/mol. The summed E-state index contributed by atoms with van der Waals surface area (Å²) in [7, 11) is 0. The number of benzene rings is 2. The maximum Gasteiger partial charge on any atom is 0.308 e. The third-order valence-corrected chi connectivity index (χ3v) is 2.95. The van der Waals surface area contributed by atoms with E-state index in [2.05, 4.69) is 5.32 Å². The highest BCUT2D eigenvalue weighted by molar-refractivity contribution is 5.94. The van der Waals surface area contributed by atoms with Crippen LogP contribution in [0, 0.1) is 6.92 Å². The fourth-order valence-corrected chi connectivity index (χ4v) is 1.92. The van der Waals surface area contributed by atoms with Gasteiger partial charge in [0, 0.05) is 24.6 Å². The predicted molar refractivity (Wildman–Crippen MR) is 80.1 cm³/mol. The van der Waals surface area contributed by atoms with Gasteiger partial charge in [0.2, 0.25) is 0 Å². The van der Waals surface area contributed by atoms with E-state index in [0.29, 0.717) is 17.9 Å². The number of rotatable bonds is 4. The van der Waals surface area contributed by atoms with Crippen molar-refractivity contribution < 1.29 is 14.3 Å². The molecule has 21 heavy (non-hydrogen) atoms. The maximum atomic E-state index is 12.0. The van der Waals surface area contributed by atoms with Crippen LogP contribution in [0.15, 0.2) is 48.5 Å². The molecule has 4 nitrogen and oxygen atoms in total. The van der Waals surface area contributed by atoms with E-state index >= 15 is 0 Å². The molecular weight excluding hydrogens is 266 g/mol. The summed E-state index contributed by atoms with van der Waals surface area (Å²) in [6.45, 7) is 3.57. The summed E-state index contributed by atoms with van der Waals surface area (Å²) in [4.78, 5) is 23.1. The first-order chi connectivity index (χ1) is 10.1. The Balaban J connectivity index is 2.09. The van der Waals surface area contributed by atoms with Gasteiger partial charge >= 0.3 is 5.97 Å². The molecule has 0 bridgehead atoms. The minimum absolute atomic E-state index is 0.162. The Morgan fingerprint density at radius 2 is 1.81 bits per heavy atom. The summed E-state index contributed by atoms with van der Waals surface area (Å²) in [5.74, 6) is -0.0583. The molecule has 0 radical (unpaired) electrons. The number of esters is 1. The topological polar surface area (TPSA) is 55.4 Å². The van der Waals surface area contributed by atoms with Crippen molar-refractivity contribution in [2.45, 2.75) is 20.4 Å². The Morgan fingerprint density at radius 3 is 2.48 bits per heavy atom. The molecule has 0 unspecified atom stereocenters. The highest BCUT2D eigenvalue weighted by Crippen LogP contribution is 2.20. The average molecular weight is 283 g/mol. The standard InChI is InChI=1S/C17H17NO3/c1-12-8-9-15(16(10-12)21-13(2)19)11-18-17(20)14-6-4-3-5-7-14/h3-10H,11H2,1-2H3,(H,18,20). The fourth-order valence-electron chi connectivity index (χ4n) is 1.92. The van der Waals surface area contributed by atoms with Gasteiger partial charge in [0.25, 0.3) is 5.91 Å². The van der Waals surface area contributed by atoms with E-state index < -0.39 is 0 Å². The van der Waals surface area contributed by atoms with Gasteiger partial charge < -0.3 is 10.1 Å². The predicted octanol–water partition coefficient (Wildman–Crippen LogP) is 2.85. The van der Waals surface area contributed by atoms with Crippen LogP contribution in [0.2, 0.25) is 0 Å². The Kier molecular flexibility index (Phi) is 4.72. The lowest BCUT2D eigenvalue weighted by atomic mass is 10.1. The van der Waals surface area contributed by atoms with Gasteiger partial charge in [0.1, 0.15) is 5.75 Å². The van der Waals surface area contributed by atoms with E-state index in [4.69, 9.17) is 4.74 Å². The molecule has 108 valence electrons. The van der Waals surface area contributed by atoms with Crippen LogP contribution < -0.4 is 10.1 Å². The van der Waals surface area contributed by atoms with Gasteiger partial charge in [-0.3, -0.25) is 9.59 Å². The van der Waals surface area contributed by atoms with Crippen molar-refractivity contribution in [3.63, 3.8) is 0 Å². The van der Waals surface area contributed by atoms with Crippen molar-refractivity contribution in [3.8, 4) is 5.75 Å². The second-order valence-electron chi connectivity index (χ2n) is 4.75. The SMILES string of the molecule is CC(=O)Oc1cc(C)ccc1CNC(=O)c1ccccc1. The van der Waals surface area contributed by atoms with Gasteiger partial charge in [-0.1, -0.05) is 30.3 Å². The highest BCUT2D eigenvalue weighted by atomic mass is 16.5. The van der Waals surface area contributed by atoms with E-state index in [9.17, 15) is 9.59 Å². The van der Waals surface area contributed by atoms with Crippen molar-refractivity contribution in [1.29, 1.82) is 0 Å². The van der Waals surface area contributed by atoms with Gasteiger partial charge in [0.15, 0.2) is 0 Å². The zero-order valence-electron chi connectivity index (χ0n) is 12.1. The average Bonchev–Trinajstić information content (AvgIpc) is 2.46. The first kappa shape index (κ1) is 14.8. The number of ether oxygens (including phenoxy) is 1. The van der Waals surface area contributed by atoms with Crippen LogP contribution in [0.3, 0.4) is 0 Å². The smallest absolute Gasteiger partial charge is 0.308 e.